The van der Waals surface area contributed by atoms with Crippen LogP contribution in [0, 0.1) is 5.92 Å². The van der Waals surface area contributed by atoms with Gasteiger partial charge in [-0.05, 0) is 61.5 Å². The highest BCUT2D eigenvalue weighted by molar-refractivity contribution is 8.04. The number of aromatic nitrogens is 1. The maximum absolute atomic E-state index is 14.9. The minimum absolute atomic E-state index is 0.0944. The summed E-state index contributed by atoms with van der Waals surface area (Å²) in [7, 11) is 1.20. The summed E-state index contributed by atoms with van der Waals surface area (Å²) in [5.41, 5.74) is -0.596. The van der Waals surface area contributed by atoms with Crippen molar-refractivity contribution in [3.05, 3.63) is 88.5 Å². The maximum Gasteiger partial charge on any atom is 0.265 e. The van der Waals surface area contributed by atoms with Crippen molar-refractivity contribution in [1.82, 2.24) is 10.1 Å². The summed E-state index contributed by atoms with van der Waals surface area (Å²) < 4.78 is 19.0. The fourth-order valence-corrected chi connectivity index (χ4v) is 7.80. The van der Waals surface area contributed by atoms with Crippen molar-refractivity contribution in [1.29, 1.82) is 0 Å². The summed E-state index contributed by atoms with van der Waals surface area (Å²) in [4.78, 5) is 33.1. The predicted molar refractivity (Wildman–Crippen MR) is 163 cm³/mol. The molecule has 2 aromatic carbocycles. The third-order valence-corrected chi connectivity index (χ3v) is 14.0. The van der Waals surface area contributed by atoms with Crippen molar-refractivity contribution in [2.45, 2.75) is 68.5 Å². The van der Waals surface area contributed by atoms with Crippen LogP contribution in [0.4, 0.5) is 0 Å². The van der Waals surface area contributed by atoms with Crippen molar-refractivity contribution in [3.63, 3.8) is 0 Å². The maximum atomic E-state index is 14.9. The second kappa shape index (κ2) is 11.0. The number of carbonyl (C=O) groups is 2. The van der Waals surface area contributed by atoms with E-state index in [0.29, 0.717) is 17.1 Å². The quantitative estimate of drug-likeness (QED) is 0.203. The lowest BCUT2D eigenvalue weighted by Gasteiger charge is -2.52. The molecule has 0 N–H and O–H groups in total. The normalized spacial score (nSPS) is 22.8. The number of fused-ring (bicyclic) bond motifs is 2. The molecule has 2 aliphatic rings. The summed E-state index contributed by atoms with van der Waals surface area (Å²) >= 11 is 1.38. The van der Waals surface area contributed by atoms with E-state index in [-0.39, 0.29) is 28.9 Å². The van der Waals surface area contributed by atoms with E-state index in [9.17, 15) is 9.59 Å². The van der Waals surface area contributed by atoms with E-state index in [1.807, 2.05) is 85.7 Å². The SMILES string of the molecule is CN(C)[C@@H]1c2onc(OCc3ccccc3)c2C(=O)[C@@]2(O[Si](C)(C)C(C)(C)C)C(=O)C(Sc3ccccc3)=CC[C@@H]12. The van der Waals surface area contributed by atoms with Crippen molar-refractivity contribution < 1.29 is 23.3 Å². The molecule has 3 aromatic rings. The Morgan fingerprint density at radius 2 is 1.66 bits per heavy atom. The molecule has 3 atom stereocenters. The van der Waals surface area contributed by atoms with E-state index >= 15 is 0 Å². The van der Waals surface area contributed by atoms with Crippen LogP contribution in [0.1, 0.15) is 54.9 Å². The first-order valence-electron chi connectivity index (χ1n) is 13.9. The van der Waals surface area contributed by atoms with Gasteiger partial charge in [-0.25, -0.2) is 0 Å². The van der Waals surface area contributed by atoms with Gasteiger partial charge in [-0.1, -0.05) is 87.1 Å². The molecule has 0 bridgehead atoms. The van der Waals surface area contributed by atoms with Gasteiger partial charge in [0, 0.05) is 10.8 Å². The molecule has 0 saturated carbocycles. The number of thioether (sulfide) groups is 1. The molecule has 9 heteroatoms. The van der Waals surface area contributed by atoms with Gasteiger partial charge in [-0.2, -0.15) is 0 Å². The van der Waals surface area contributed by atoms with Crippen molar-refractivity contribution in [3.8, 4) is 5.88 Å². The average Bonchev–Trinajstić information content (AvgIpc) is 3.34. The Morgan fingerprint density at radius 1 is 1.02 bits per heavy atom. The fourth-order valence-electron chi connectivity index (χ4n) is 5.38. The molecule has 1 aromatic heterocycles. The lowest BCUT2D eigenvalue weighted by molar-refractivity contribution is -0.135. The van der Waals surface area contributed by atoms with Gasteiger partial charge >= 0.3 is 0 Å². The molecular formula is C32H38N2O5SSi. The summed E-state index contributed by atoms with van der Waals surface area (Å²) in [6.45, 7) is 10.7. The first kappa shape index (κ1) is 29.5. The minimum Gasteiger partial charge on any atom is -0.470 e. The molecule has 0 radical (unpaired) electrons. The number of hydrogen-bond acceptors (Lipinski definition) is 8. The van der Waals surface area contributed by atoms with Crippen LogP contribution >= 0.6 is 11.8 Å². The van der Waals surface area contributed by atoms with Gasteiger partial charge in [0.15, 0.2) is 19.7 Å². The number of ketones is 2. The number of carbonyl (C=O) groups excluding carboxylic acids is 2. The van der Waals surface area contributed by atoms with Gasteiger partial charge in [0.2, 0.25) is 11.6 Å². The Morgan fingerprint density at radius 3 is 2.27 bits per heavy atom. The van der Waals surface area contributed by atoms with E-state index in [1.54, 1.807) is 0 Å². The Labute approximate surface area is 247 Å². The van der Waals surface area contributed by atoms with Gasteiger partial charge in [0.1, 0.15) is 12.2 Å². The van der Waals surface area contributed by atoms with Gasteiger partial charge < -0.3 is 13.7 Å². The lowest BCUT2D eigenvalue weighted by Crippen LogP contribution is -2.66. The van der Waals surface area contributed by atoms with Crippen LogP contribution in [-0.4, -0.2) is 49.6 Å². The molecule has 0 fully saturated rings. The molecule has 2 aliphatic carbocycles. The highest BCUT2D eigenvalue weighted by atomic mass is 32.2. The third kappa shape index (κ3) is 5.25. The van der Waals surface area contributed by atoms with Crippen LogP contribution < -0.4 is 4.74 Å². The van der Waals surface area contributed by atoms with Crippen molar-refractivity contribution >= 4 is 31.6 Å². The summed E-state index contributed by atoms with van der Waals surface area (Å²) in [5.74, 6) is -0.701. The molecule has 1 heterocycles. The van der Waals surface area contributed by atoms with Crippen LogP contribution in [0.15, 0.2) is 81.1 Å². The van der Waals surface area contributed by atoms with Crippen LogP contribution in [0.5, 0.6) is 5.88 Å². The Bertz CT molecular complexity index is 1460. The van der Waals surface area contributed by atoms with E-state index in [1.165, 1.54) is 11.8 Å². The highest BCUT2D eigenvalue weighted by Gasteiger charge is 2.66. The summed E-state index contributed by atoms with van der Waals surface area (Å²) in [5, 5.41) is 3.98. The number of allylic oxidation sites excluding steroid dienone is 1. The first-order chi connectivity index (χ1) is 19.4. The number of hydrogen-bond donors (Lipinski definition) is 0. The van der Waals surface area contributed by atoms with E-state index in [4.69, 9.17) is 13.7 Å². The first-order valence-corrected chi connectivity index (χ1v) is 17.6. The zero-order valence-corrected chi connectivity index (χ0v) is 26.6. The molecule has 0 saturated heterocycles. The molecule has 5 rings (SSSR count). The molecular weight excluding hydrogens is 553 g/mol. The Balaban J connectivity index is 1.65. The van der Waals surface area contributed by atoms with Gasteiger partial charge in [0.05, 0.1) is 10.9 Å². The number of ether oxygens (including phenoxy) is 1. The monoisotopic (exact) mass is 590 g/mol. The third-order valence-electron chi connectivity index (χ3n) is 8.51. The Hall–Kier alpha value is -2.98. The van der Waals surface area contributed by atoms with Gasteiger partial charge in [-0.3, -0.25) is 14.5 Å². The minimum atomic E-state index is -2.66. The molecule has 0 aliphatic heterocycles. The van der Waals surface area contributed by atoms with Crippen LogP contribution in [-0.2, 0) is 15.8 Å². The number of benzene rings is 2. The summed E-state index contributed by atoms with van der Waals surface area (Å²) in [6.07, 6.45) is 2.43. The lowest BCUT2D eigenvalue weighted by atomic mass is 9.65. The van der Waals surface area contributed by atoms with E-state index < -0.39 is 31.7 Å². The Kier molecular flexibility index (Phi) is 7.93. The predicted octanol–water partition coefficient (Wildman–Crippen LogP) is 7.08. The highest BCUT2D eigenvalue weighted by Crippen LogP contribution is 2.56. The average molecular weight is 591 g/mol. The zero-order valence-electron chi connectivity index (χ0n) is 24.8. The van der Waals surface area contributed by atoms with Crippen molar-refractivity contribution in [2.24, 2.45) is 5.92 Å². The fraction of sp³-hybridized carbons (Fsp3) is 0.406. The topological polar surface area (TPSA) is 81.9 Å². The molecule has 0 unspecified atom stereocenters. The molecule has 7 nitrogen and oxygen atoms in total. The second-order valence-corrected chi connectivity index (χ2v) is 18.3. The standard InChI is InChI=1S/C32H38N2O5SSi/c1-31(2,3)41(6,7)39-32-23(18-19-24(28(32)35)40-22-16-12-9-13-17-22)26(34(4)5)27-25(29(32)36)30(33-38-27)37-20-21-14-10-8-11-15-21/h8-17,19,23,26H,18,20H2,1-7H3/t23-,26-,32-/m0/s1. The molecule has 41 heavy (non-hydrogen) atoms. The van der Waals surface area contributed by atoms with Gasteiger partial charge in [0.25, 0.3) is 5.88 Å². The number of rotatable bonds is 8. The van der Waals surface area contributed by atoms with Gasteiger partial charge in [-0.15, -0.1) is 0 Å². The van der Waals surface area contributed by atoms with Crippen LogP contribution in [0.3, 0.4) is 0 Å². The van der Waals surface area contributed by atoms with E-state index in [2.05, 4.69) is 39.0 Å². The second-order valence-electron chi connectivity index (χ2n) is 12.5. The molecule has 216 valence electrons. The van der Waals surface area contributed by atoms with Crippen molar-refractivity contribution in [2.75, 3.05) is 14.1 Å². The smallest absolute Gasteiger partial charge is 0.265 e. The number of Topliss-reactive ketones (excluding diaryl/α,β-unsaturated/α-hetero) is 2. The largest absolute Gasteiger partial charge is 0.470 e. The summed E-state index contributed by atoms with van der Waals surface area (Å²) in [6, 6.07) is 19.0. The van der Waals surface area contributed by atoms with Crippen LogP contribution in [0.25, 0.3) is 0 Å². The van der Waals surface area contributed by atoms with E-state index in [0.717, 1.165) is 10.5 Å². The number of nitrogens with zero attached hydrogens (tertiary/aromatic N) is 2. The zero-order chi connectivity index (χ0) is 29.6. The van der Waals surface area contributed by atoms with Crippen LogP contribution in [0.2, 0.25) is 18.1 Å². The molecule has 0 spiro atoms. The molecule has 0 amide bonds.